The van der Waals surface area contributed by atoms with Gasteiger partial charge in [-0.1, -0.05) is 0 Å². The number of nitrogens with one attached hydrogen (secondary N) is 2. The summed E-state index contributed by atoms with van der Waals surface area (Å²) in [6, 6.07) is 1.31. The number of aryl methyl sites for hydroxylation is 1. The van der Waals surface area contributed by atoms with E-state index in [-0.39, 0.29) is 35.9 Å². The Bertz CT molecular complexity index is 983. The lowest BCUT2D eigenvalue weighted by Crippen LogP contribution is -2.31. The summed E-state index contributed by atoms with van der Waals surface area (Å²) in [4.78, 5) is 21.0. The maximum Gasteiger partial charge on any atom is 0.335 e. The van der Waals surface area contributed by atoms with Gasteiger partial charge >= 0.3 is 10.3 Å². The molecule has 0 unspecified atom stereocenters. The molecule has 1 aliphatic carbocycles. The van der Waals surface area contributed by atoms with Gasteiger partial charge in [-0.25, -0.2) is 9.97 Å². The van der Waals surface area contributed by atoms with Crippen LogP contribution in [-0.4, -0.2) is 76.4 Å². The van der Waals surface area contributed by atoms with Gasteiger partial charge in [0, 0.05) is 37.8 Å². The molecular weight excluding hydrogens is 432 g/mol. The van der Waals surface area contributed by atoms with Crippen molar-refractivity contribution in [3.8, 4) is 0 Å². The Morgan fingerprint density at radius 2 is 2.23 bits per heavy atom. The maximum atomic E-state index is 12.9. The van der Waals surface area contributed by atoms with E-state index in [1.165, 1.54) is 19.6 Å². The number of anilines is 1. The molecule has 30 heavy (non-hydrogen) atoms. The molecule has 1 aliphatic rings. The fraction of sp³-hybridized carbons (Fsp3) is 0.529. The van der Waals surface area contributed by atoms with E-state index in [0.29, 0.717) is 12.4 Å². The minimum atomic E-state index is -3.92. The molecule has 0 bridgehead atoms. The molecule has 2 aromatic heterocycles. The van der Waals surface area contributed by atoms with E-state index in [4.69, 9.17) is 4.18 Å². The topological polar surface area (TPSA) is 148 Å². The van der Waals surface area contributed by atoms with Crippen LogP contribution in [0.5, 0.6) is 0 Å². The lowest BCUT2D eigenvalue weighted by atomic mass is 10.1. The summed E-state index contributed by atoms with van der Waals surface area (Å²) < 4.78 is 31.9. The predicted molar refractivity (Wildman–Crippen MR) is 112 cm³/mol. The van der Waals surface area contributed by atoms with E-state index in [2.05, 4.69) is 25.1 Å². The maximum absolute atomic E-state index is 12.9. The second-order valence-electron chi connectivity index (χ2n) is 6.74. The van der Waals surface area contributed by atoms with Crippen LogP contribution in [-0.2, 0) is 21.0 Å². The van der Waals surface area contributed by atoms with E-state index >= 15 is 0 Å². The summed E-state index contributed by atoms with van der Waals surface area (Å²) in [5.41, 5.74) is 0.524. The van der Waals surface area contributed by atoms with Gasteiger partial charge < -0.3 is 10.4 Å². The zero-order valence-corrected chi connectivity index (χ0v) is 18.2. The molecule has 0 radical (unpaired) electrons. The summed E-state index contributed by atoms with van der Waals surface area (Å²) in [7, 11) is -2.69. The Balaban J connectivity index is 1.71. The first kappa shape index (κ1) is 22.6. The number of ketones is 1. The SMILES string of the molecule is CNS(=O)(=O)O[C@@H]1C[C@H](Nc2ncncc2C(=O)c2ccn(CCSC)n2)C[C@@H]1O. The van der Waals surface area contributed by atoms with Gasteiger partial charge in [-0.2, -0.15) is 30.0 Å². The van der Waals surface area contributed by atoms with Crippen molar-refractivity contribution < 1.29 is 22.5 Å². The zero-order chi connectivity index (χ0) is 21.7. The molecule has 164 valence electrons. The minimum Gasteiger partial charge on any atom is -0.390 e. The molecule has 2 heterocycles. The first-order valence-electron chi connectivity index (χ1n) is 9.26. The number of hydrogen-bond acceptors (Lipinski definition) is 10. The average Bonchev–Trinajstić information content (AvgIpc) is 3.33. The van der Waals surface area contributed by atoms with Crippen molar-refractivity contribution in [3.63, 3.8) is 0 Å². The minimum absolute atomic E-state index is 0.225. The van der Waals surface area contributed by atoms with Crippen LogP contribution in [0.25, 0.3) is 0 Å². The number of carbonyl (C=O) groups is 1. The molecule has 11 nitrogen and oxygen atoms in total. The Morgan fingerprint density at radius 1 is 1.43 bits per heavy atom. The van der Waals surface area contributed by atoms with Crippen molar-refractivity contribution in [1.29, 1.82) is 0 Å². The van der Waals surface area contributed by atoms with Gasteiger partial charge in [0.25, 0.3) is 0 Å². The molecule has 1 saturated carbocycles. The number of hydrogen-bond donors (Lipinski definition) is 3. The molecule has 3 N–H and O–H groups in total. The van der Waals surface area contributed by atoms with E-state index in [0.717, 1.165) is 5.75 Å². The van der Waals surface area contributed by atoms with Crippen molar-refractivity contribution in [2.45, 2.75) is 37.6 Å². The molecule has 0 aliphatic heterocycles. The van der Waals surface area contributed by atoms with E-state index < -0.39 is 22.5 Å². The number of carbonyl (C=O) groups excluding carboxylic acids is 1. The second-order valence-corrected chi connectivity index (χ2v) is 9.24. The van der Waals surface area contributed by atoms with Crippen LogP contribution in [0.4, 0.5) is 5.82 Å². The number of aromatic nitrogens is 4. The first-order chi connectivity index (χ1) is 14.3. The first-order valence-corrected chi connectivity index (χ1v) is 12.1. The lowest BCUT2D eigenvalue weighted by molar-refractivity contribution is 0.0636. The number of thioether (sulfide) groups is 1. The summed E-state index contributed by atoms with van der Waals surface area (Å²) in [5.74, 6) is 0.848. The smallest absolute Gasteiger partial charge is 0.335 e. The highest BCUT2D eigenvalue weighted by Gasteiger charge is 2.37. The molecule has 1 fully saturated rings. The van der Waals surface area contributed by atoms with Crippen LogP contribution < -0.4 is 10.0 Å². The highest BCUT2D eigenvalue weighted by Crippen LogP contribution is 2.27. The number of nitrogens with zero attached hydrogens (tertiary/aromatic N) is 4. The van der Waals surface area contributed by atoms with Gasteiger partial charge in [0.2, 0.25) is 5.78 Å². The molecule has 3 rings (SSSR count). The van der Waals surface area contributed by atoms with E-state index in [1.807, 2.05) is 6.26 Å². The third-order valence-electron chi connectivity index (χ3n) is 4.67. The molecule has 0 aromatic carbocycles. The van der Waals surface area contributed by atoms with Crippen LogP contribution >= 0.6 is 11.8 Å². The molecular formula is C17H24N6O5S2. The van der Waals surface area contributed by atoms with Gasteiger partial charge in [0.05, 0.1) is 11.7 Å². The van der Waals surface area contributed by atoms with Crippen LogP contribution in [0.1, 0.15) is 28.9 Å². The standard InChI is InChI=1S/C17H24N6O5S2/c1-18-30(26,27)28-15-8-11(7-14(15)24)21-17-12(9-19-10-20-17)16(25)13-3-4-23(22-13)5-6-29-2/h3-4,9-11,14-15,18,24H,5-8H2,1-2H3,(H,19,20,21)/t11-,14+,15-/m1/s1. The Morgan fingerprint density at radius 3 is 2.97 bits per heavy atom. The molecule has 0 spiro atoms. The molecule has 3 atom stereocenters. The summed E-state index contributed by atoms with van der Waals surface area (Å²) in [5, 5.41) is 17.6. The van der Waals surface area contributed by atoms with Gasteiger partial charge in [0.1, 0.15) is 23.9 Å². The Hall–Kier alpha value is -2.06. The van der Waals surface area contributed by atoms with Crippen LogP contribution in [0.2, 0.25) is 0 Å². The van der Waals surface area contributed by atoms with Crippen LogP contribution in [0.15, 0.2) is 24.8 Å². The van der Waals surface area contributed by atoms with Gasteiger partial charge in [-0.15, -0.1) is 0 Å². The van der Waals surface area contributed by atoms with Crippen molar-refractivity contribution >= 4 is 33.7 Å². The average molecular weight is 457 g/mol. The Kier molecular flexibility index (Phi) is 7.41. The predicted octanol–water partition coefficient (Wildman–Crippen LogP) is 0.0517. The highest BCUT2D eigenvalue weighted by molar-refractivity contribution is 7.98. The van der Waals surface area contributed by atoms with Crippen molar-refractivity contribution in [2.75, 3.05) is 24.4 Å². The largest absolute Gasteiger partial charge is 0.390 e. The van der Waals surface area contributed by atoms with Crippen molar-refractivity contribution in [3.05, 3.63) is 36.0 Å². The van der Waals surface area contributed by atoms with Crippen LogP contribution in [0, 0.1) is 0 Å². The third-order valence-corrected chi connectivity index (χ3v) is 6.26. The fourth-order valence-corrected chi connectivity index (χ4v) is 4.14. The second kappa shape index (κ2) is 9.83. The number of aliphatic hydroxyl groups is 1. The number of aliphatic hydroxyl groups excluding tert-OH is 1. The summed E-state index contributed by atoms with van der Waals surface area (Å²) >= 11 is 1.69. The fourth-order valence-electron chi connectivity index (χ4n) is 3.14. The van der Waals surface area contributed by atoms with Crippen molar-refractivity contribution in [1.82, 2.24) is 24.5 Å². The monoisotopic (exact) mass is 456 g/mol. The van der Waals surface area contributed by atoms with E-state index in [1.54, 1.807) is 28.7 Å². The van der Waals surface area contributed by atoms with Gasteiger partial charge in [0.15, 0.2) is 0 Å². The third kappa shape index (κ3) is 5.55. The van der Waals surface area contributed by atoms with Crippen molar-refractivity contribution in [2.24, 2.45) is 0 Å². The lowest BCUT2D eigenvalue weighted by Gasteiger charge is -2.15. The zero-order valence-electron chi connectivity index (χ0n) is 16.6. The Labute approximate surface area is 178 Å². The number of rotatable bonds is 10. The van der Waals surface area contributed by atoms with Gasteiger partial charge in [-0.3, -0.25) is 13.7 Å². The summed E-state index contributed by atoms with van der Waals surface area (Å²) in [6.07, 6.45) is 5.06. The van der Waals surface area contributed by atoms with Gasteiger partial charge in [-0.05, 0) is 25.2 Å². The quantitative estimate of drug-likeness (QED) is 0.419. The molecule has 0 amide bonds. The summed E-state index contributed by atoms with van der Waals surface area (Å²) in [6.45, 7) is 0.696. The molecule has 0 saturated heterocycles. The highest BCUT2D eigenvalue weighted by atomic mass is 32.2. The molecule has 2 aromatic rings. The molecule has 13 heteroatoms. The van der Waals surface area contributed by atoms with E-state index in [9.17, 15) is 18.3 Å². The van der Waals surface area contributed by atoms with Crippen LogP contribution in [0.3, 0.4) is 0 Å². The normalized spacial score (nSPS) is 21.6.